The first-order chi connectivity index (χ1) is 13.6. The van der Waals surface area contributed by atoms with Crippen molar-refractivity contribution in [3.63, 3.8) is 0 Å². The quantitative estimate of drug-likeness (QED) is 0.486. The van der Waals surface area contributed by atoms with Crippen LogP contribution in [0.2, 0.25) is 0 Å². The predicted octanol–water partition coefficient (Wildman–Crippen LogP) is 5.08. The molecular formula is C22H23BrN2O3. The Hall–Kier alpha value is -2.73. The summed E-state index contributed by atoms with van der Waals surface area (Å²) in [6, 6.07) is 18.0. The number of methoxy groups -OCH3 is 3. The lowest BCUT2D eigenvalue weighted by atomic mass is 10.1. The van der Waals surface area contributed by atoms with Crippen molar-refractivity contribution in [1.29, 1.82) is 0 Å². The zero-order chi connectivity index (χ0) is 19.9. The third kappa shape index (κ3) is 4.95. The van der Waals surface area contributed by atoms with E-state index in [-0.39, 0.29) is 0 Å². The second kappa shape index (κ2) is 9.46. The molecule has 28 heavy (non-hydrogen) atoms. The van der Waals surface area contributed by atoms with Gasteiger partial charge in [-0.3, -0.25) is 0 Å². The van der Waals surface area contributed by atoms with E-state index >= 15 is 0 Å². The van der Waals surface area contributed by atoms with Gasteiger partial charge in [-0.05, 0) is 57.4 Å². The van der Waals surface area contributed by atoms with Crippen LogP contribution in [0.3, 0.4) is 0 Å². The van der Waals surface area contributed by atoms with Gasteiger partial charge in [0.1, 0.15) is 11.5 Å². The Labute approximate surface area is 174 Å². The molecule has 0 amide bonds. The summed E-state index contributed by atoms with van der Waals surface area (Å²) in [5, 5.41) is 0. The van der Waals surface area contributed by atoms with Gasteiger partial charge in [0.25, 0.3) is 0 Å². The Morgan fingerprint density at radius 1 is 0.786 bits per heavy atom. The molecule has 6 heteroatoms. The predicted molar refractivity (Wildman–Crippen MR) is 114 cm³/mol. The van der Waals surface area contributed by atoms with Crippen LogP contribution >= 0.6 is 15.9 Å². The Bertz CT molecular complexity index is 849. The standard InChI is InChI=1S/C22H23BrN2O3/c1-26-19-8-4-16(5-9-19)14-25(15-17-6-10-20(27-2)11-7-17)22-21(28-3)12-18(23)13-24-22/h4-13H,14-15H2,1-3H3. The fourth-order valence-electron chi connectivity index (χ4n) is 2.91. The van der Waals surface area contributed by atoms with Gasteiger partial charge < -0.3 is 19.1 Å². The number of nitrogens with zero attached hydrogens (tertiary/aromatic N) is 2. The number of rotatable bonds is 8. The average molecular weight is 443 g/mol. The van der Waals surface area contributed by atoms with E-state index in [0.29, 0.717) is 13.1 Å². The first-order valence-electron chi connectivity index (χ1n) is 8.83. The highest BCUT2D eigenvalue weighted by molar-refractivity contribution is 9.10. The molecule has 3 rings (SSSR count). The maximum absolute atomic E-state index is 5.58. The molecule has 0 saturated heterocycles. The molecule has 0 spiro atoms. The third-order valence-electron chi connectivity index (χ3n) is 4.38. The number of benzene rings is 2. The highest BCUT2D eigenvalue weighted by Gasteiger charge is 2.16. The van der Waals surface area contributed by atoms with E-state index in [1.807, 2.05) is 30.3 Å². The van der Waals surface area contributed by atoms with E-state index in [4.69, 9.17) is 14.2 Å². The summed E-state index contributed by atoms with van der Waals surface area (Å²) >= 11 is 3.46. The minimum Gasteiger partial charge on any atom is -0.497 e. The van der Waals surface area contributed by atoms with E-state index in [9.17, 15) is 0 Å². The van der Waals surface area contributed by atoms with Crippen molar-refractivity contribution in [2.75, 3.05) is 26.2 Å². The van der Waals surface area contributed by atoms with Crippen molar-refractivity contribution < 1.29 is 14.2 Å². The molecule has 0 fully saturated rings. The van der Waals surface area contributed by atoms with Crippen LogP contribution < -0.4 is 19.1 Å². The first kappa shape index (κ1) is 20.0. The molecule has 1 aromatic heterocycles. The van der Waals surface area contributed by atoms with Crippen molar-refractivity contribution in [3.05, 3.63) is 76.4 Å². The molecule has 0 bridgehead atoms. The number of halogens is 1. The molecule has 0 atom stereocenters. The Morgan fingerprint density at radius 3 is 1.71 bits per heavy atom. The summed E-state index contributed by atoms with van der Waals surface area (Å²) < 4.78 is 17.0. The molecule has 0 aliphatic carbocycles. The third-order valence-corrected chi connectivity index (χ3v) is 4.82. The van der Waals surface area contributed by atoms with Crippen molar-refractivity contribution in [1.82, 2.24) is 4.98 Å². The SMILES string of the molecule is COc1ccc(CN(Cc2ccc(OC)cc2)c2ncc(Br)cc2OC)cc1. The van der Waals surface area contributed by atoms with Gasteiger partial charge in [-0.15, -0.1) is 0 Å². The van der Waals surface area contributed by atoms with Gasteiger partial charge in [0.2, 0.25) is 0 Å². The minimum atomic E-state index is 0.682. The molecule has 0 N–H and O–H groups in total. The van der Waals surface area contributed by atoms with E-state index in [1.165, 1.54) is 0 Å². The second-order valence-corrected chi connectivity index (χ2v) is 7.15. The van der Waals surface area contributed by atoms with Crippen LogP contribution in [-0.4, -0.2) is 26.3 Å². The molecule has 0 radical (unpaired) electrons. The molecule has 146 valence electrons. The van der Waals surface area contributed by atoms with Crippen LogP contribution in [-0.2, 0) is 13.1 Å². The zero-order valence-electron chi connectivity index (χ0n) is 16.2. The van der Waals surface area contributed by atoms with Crippen molar-refractivity contribution in [2.45, 2.75) is 13.1 Å². The molecular weight excluding hydrogens is 420 g/mol. The Kier molecular flexibility index (Phi) is 6.76. The van der Waals surface area contributed by atoms with Crippen LogP contribution in [0.25, 0.3) is 0 Å². The van der Waals surface area contributed by atoms with Gasteiger partial charge in [0.15, 0.2) is 11.6 Å². The number of ether oxygens (including phenoxy) is 3. The van der Waals surface area contributed by atoms with E-state index in [0.717, 1.165) is 38.7 Å². The molecule has 3 aromatic rings. The molecule has 0 unspecified atom stereocenters. The van der Waals surface area contributed by atoms with Crippen LogP contribution in [0.1, 0.15) is 11.1 Å². The minimum absolute atomic E-state index is 0.682. The number of pyridine rings is 1. The smallest absolute Gasteiger partial charge is 0.172 e. The van der Waals surface area contributed by atoms with Gasteiger partial charge in [-0.1, -0.05) is 24.3 Å². The van der Waals surface area contributed by atoms with Gasteiger partial charge in [0.05, 0.1) is 21.3 Å². The summed E-state index contributed by atoms with van der Waals surface area (Å²) in [4.78, 5) is 6.80. The number of hydrogen-bond acceptors (Lipinski definition) is 5. The van der Waals surface area contributed by atoms with Crippen molar-refractivity contribution in [2.24, 2.45) is 0 Å². The number of aromatic nitrogens is 1. The lowest BCUT2D eigenvalue weighted by Crippen LogP contribution is -2.23. The largest absolute Gasteiger partial charge is 0.497 e. The van der Waals surface area contributed by atoms with Crippen LogP contribution in [0.15, 0.2) is 65.3 Å². The molecule has 0 aliphatic rings. The van der Waals surface area contributed by atoms with Gasteiger partial charge in [-0.2, -0.15) is 0 Å². The van der Waals surface area contributed by atoms with E-state index in [1.54, 1.807) is 27.5 Å². The molecule has 5 nitrogen and oxygen atoms in total. The van der Waals surface area contributed by atoms with Crippen LogP contribution in [0.4, 0.5) is 5.82 Å². The highest BCUT2D eigenvalue weighted by atomic mass is 79.9. The molecule has 1 heterocycles. The maximum Gasteiger partial charge on any atom is 0.172 e. The molecule has 0 aliphatic heterocycles. The van der Waals surface area contributed by atoms with Crippen molar-refractivity contribution >= 4 is 21.7 Å². The molecule has 2 aromatic carbocycles. The topological polar surface area (TPSA) is 43.8 Å². The Balaban J connectivity index is 1.92. The van der Waals surface area contributed by atoms with E-state index < -0.39 is 0 Å². The van der Waals surface area contributed by atoms with E-state index in [2.05, 4.69) is 50.1 Å². The summed E-state index contributed by atoms with van der Waals surface area (Å²) in [7, 11) is 5.00. The summed E-state index contributed by atoms with van der Waals surface area (Å²) in [5.74, 6) is 3.18. The summed E-state index contributed by atoms with van der Waals surface area (Å²) in [6.07, 6.45) is 1.78. The van der Waals surface area contributed by atoms with Crippen molar-refractivity contribution in [3.8, 4) is 17.2 Å². The maximum atomic E-state index is 5.58. The zero-order valence-corrected chi connectivity index (χ0v) is 17.8. The number of hydrogen-bond donors (Lipinski definition) is 0. The first-order valence-corrected chi connectivity index (χ1v) is 9.62. The Morgan fingerprint density at radius 2 is 1.29 bits per heavy atom. The fraction of sp³-hybridized carbons (Fsp3) is 0.227. The van der Waals surface area contributed by atoms with Crippen LogP contribution in [0, 0.1) is 0 Å². The van der Waals surface area contributed by atoms with Crippen LogP contribution in [0.5, 0.6) is 17.2 Å². The summed E-state index contributed by atoms with van der Waals surface area (Å²) in [6.45, 7) is 1.36. The highest BCUT2D eigenvalue weighted by Crippen LogP contribution is 2.31. The monoisotopic (exact) mass is 442 g/mol. The van der Waals surface area contributed by atoms with Gasteiger partial charge in [-0.25, -0.2) is 4.98 Å². The number of anilines is 1. The molecule has 0 saturated carbocycles. The normalized spacial score (nSPS) is 10.4. The van der Waals surface area contributed by atoms with Gasteiger partial charge >= 0.3 is 0 Å². The van der Waals surface area contributed by atoms with Gasteiger partial charge in [0, 0.05) is 23.8 Å². The second-order valence-electron chi connectivity index (χ2n) is 6.23. The average Bonchev–Trinajstić information content (AvgIpc) is 2.74. The fourth-order valence-corrected chi connectivity index (χ4v) is 3.22. The summed E-state index contributed by atoms with van der Waals surface area (Å²) in [5.41, 5.74) is 2.31. The lowest BCUT2D eigenvalue weighted by molar-refractivity contribution is 0.411. The lowest BCUT2D eigenvalue weighted by Gasteiger charge is -2.26.